The Kier molecular flexibility index (Phi) is 5.35. The molecule has 0 amide bonds. The molecule has 0 aromatic rings. The molecule has 0 saturated heterocycles. The molecule has 0 aliphatic heterocycles. The van der Waals surface area contributed by atoms with Gasteiger partial charge in [-0.1, -0.05) is 13.8 Å². The van der Waals surface area contributed by atoms with E-state index in [0.717, 1.165) is 25.7 Å². The molecule has 3 heteroatoms. The molecule has 1 saturated carbocycles. The van der Waals surface area contributed by atoms with Crippen molar-refractivity contribution in [1.82, 2.24) is 0 Å². The molecule has 0 aromatic heterocycles. The molecule has 1 aliphatic rings. The summed E-state index contributed by atoms with van der Waals surface area (Å²) >= 11 is 0. The minimum Gasteiger partial charge on any atom is -0.471 e. The van der Waals surface area contributed by atoms with E-state index in [9.17, 15) is 4.79 Å². The van der Waals surface area contributed by atoms with Gasteiger partial charge in [0.15, 0.2) is 0 Å². The van der Waals surface area contributed by atoms with Crippen molar-refractivity contribution in [3.05, 3.63) is 0 Å². The van der Waals surface area contributed by atoms with E-state index in [1.807, 2.05) is 0 Å². The van der Waals surface area contributed by atoms with Crippen LogP contribution in [0.3, 0.4) is 0 Å². The molecule has 3 nitrogen and oxygen atoms in total. The van der Waals surface area contributed by atoms with Crippen molar-refractivity contribution in [3.8, 4) is 0 Å². The molecule has 1 rings (SSSR count). The molecular weight excluding hydrogens is 168 g/mol. The van der Waals surface area contributed by atoms with Gasteiger partial charge in [-0.3, -0.25) is 9.59 Å². The van der Waals surface area contributed by atoms with Gasteiger partial charge in [-0.2, -0.15) is 0 Å². The highest BCUT2D eigenvalue weighted by atomic mass is 16.5. The molecule has 0 heterocycles. The first-order chi connectivity index (χ1) is 6.02. The summed E-state index contributed by atoms with van der Waals surface area (Å²) in [6, 6.07) is 0. The predicted molar refractivity (Wildman–Crippen MR) is 50.3 cm³/mol. The molecule has 0 aromatic carbocycles. The quantitative estimate of drug-likeness (QED) is 0.588. The topological polar surface area (TPSA) is 43.4 Å². The SMILES string of the molecule is CC1(C)CCC(=O)CC1.COC=O. The van der Waals surface area contributed by atoms with Crippen LogP contribution in [0.5, 0.6) is 0 Å². The fourth-order valence-corrected chi connectivity index (χ4v) is 1.21. The first-order valence-electron chi connectivity index (χ1n) is 4.50. The maximum absolute atomic E-state index is 10.8. The number of carbonyl (C=O) groups is 2. The van der Waals surface area contributed by atoms with E-state index < -0.39 is 0 Å². The monoisotopic (exact) mass is 186 g/mol. The maximum atomic E-state index is 10.8. The zero-order chi connectivity index (χ0) is 10.3. The third-order valence-corrected chi connectivity index (χ3v) is 2.26. The zero-order valence-corrected chi connectivity index (χ0v) is 8.63. The second kappa shape index (κ2) is 5.73. The Labute approximate surface area is 79.5 Å². The van der Waals surface area contributed by atoms with E-state index in [1.165, 1.54) is 7.11 Å². The second-order valence-electron chi connectivity index (χ2n) is 4.03. The Balaban J connectivity index is 0.000000310. The molecular formula is C10H18O3. The summed E-state index contributed by atoms with van der Waals surface area (Å²) in [5.41, 5.74) is 0.438. The summed E-state index contributed by atoms with van der Waals surface area (Å²) < 4.78 is 3.86. The van der Waals surface area contributed by atoms with Crippen LogP contribution in [0.4, 0.5) is 0 Å². The van der Waals surface area contributed by atoms with Gasteiger partial charge in [0.1, 0.15) is 5.78 Å². The van der Waals surface area contributed by atoms with Gasteiger partial charge in [0, 0.05) is 12.8 Å². The molecule has 0 bridgehead atoms. The van der Waals surface area contributed by atoms with Gasteiger partial charge in [0.05, 0.1) is 7.11 Å². The molecule has 1 fully saturated rings. The molecule has 0 radical (unpaired) electrons. The van der Waals surface area contributed by atoms with Crippen LogP contribution in [-0.4, -0.2) is 19.4 Å². The summed E-state index contributed by atoms with van der Waals surface area (Å²) in [6.45, 7) is 4.85. The number of ether oxygens (including phenoxy) is 1. The van der Waals surface area contributed by atoms with Crippen molar-refractivity contribution in [1.29, 1.82) is 0 Å². The van der Waals surface area contributed by atoms with E-state index in [1.54, 1.807) is 0 Å². The normalized spacial score (nSPS) is 19.8. The van der Waals surface area contributed by atoms with Crippen LogP contribution >= 0.6 is 0 Å². The summed E-state index contributed by atoms with van der Waals surface area (Å²) in [5.74, 6) is 0.453. The Morgan fingerprint density at radius 3 is 1.92 bits per heavy atom. The Morgan fingerprint density at radius 2 is 1.69 bits per heavy atom. The van der Waals surface area contributed by atoms with Gasteiger partial charge in [-0.05, 0) is 18.3 Å². The van der Waals surface area contributed by atoms with Crippen molar-refractivity contribution in [2.45, 2.75) is 39.5 Å². The van der Waals surface area contributed by atoms with Gasteiger partial charge in [0.2, 0.25) is 0 Å². The van der Waals surface area contributed by atoms with Gasteiger partial charge in [-0.25, -0.2) is 0 Å². The van der Waals surface area contributed by atoms with Crippen molar-refractivity contribution in [2.75, 3.05) is 7.11 Å². The van der Waals surface area contributed by atoms with Crippen LogP contribution in [0.1, 0.15) is 39.5 Å². The van der Waals surface area contributed by atoms with E-state index >= 15 is 0 Å². The van der Waals surface area contributed by atoms with Crippen LogP contribution in [-0.2, 0) is 14.3 Å². The average Bonchev–Trinajstić information content (AvgIpc) is 2.11. The standard InChI is InChI=1S/C8H14O.C2H4O2/c1-8(2)5-3-7(9)4-6-8;1-4-2-3/h3-6H2,1-2H3;2H,1H3. The molecule has 1 aliphatic carbocycles. The molecule has 76 valence electrons. The fourth-order valence-electron chi connectivity index (χ4n) is 1.21. The van der Waals surface area contributed by atoms with Crippen LogP contribution in [0.2, 0.25) is 0 Å². The lowest BCUT2D eigenvalue weighted by Crippen LogP contribution is -2.20. The molecule has 0 N–H and O–H groups in total. The van der Waals surface area contributed by atoms with E-state index in [4.69, 9.17) is 4.79 Å². The number of methoxy groups -OCH3 is 1. The number of Topliss-reactive ketones (excluding diaryl/α,β-unsaturated/α-hetero) is 1. The number of ketones is 1. The highest BCUT2D eigenvalue weighted by molar-refractivity contribution is 5.79. The lowest BCUT2D eigenvalue weighted by atomic mass is 9.77. The Hall–Kier alpha value is -0.860. The smallest absolute Gasteiger partial charge is 0.292 e. The Bertz CT molecular complexity index is 161. The fraction of sp³-hybridized carbons (Fsp3) is 0.800. The van der Waals surface area contributed by atoms with Gasteiger partial charge in [-0.15, -0.1) is 0 Å². The highest BCUT2D eigenvalue weighted by Crippen LogP contribution is 2.32. The highest BCUT2D eigenvalue weighted by Gasteiger charge is 2.24. The molecule has 13 heavy (non-hydrogen) atoms. The summed E-state index contributed by atoms with van der Waals surface area (Å²) in [7, 11) is 1.31. The molecule has 0 unspecified atom stereocenters. The first kappa shape index (κ1) is 12.1. The molecule has 0 atom stereocenters. The van der Waals surface area contributed by atoms with Gasteiger partial charge < -0.3 is 4.74 Å². The zero-order valence-electron chi connectivity index (χ0n) is 8.63. The van der Waals surface area contributed by atoms with Crippen LogP contribution in [0, 0.1) is 5.41 Å². The van der Waals surface area contributed by atoms with Crippen LogP contribution in [0.15, 0.2) is 0 Å². The third-order valence-electron chi connectivity index (χ3n) is 2.26. The minimum atomic E-state index is 0.375. The number of carbonyl (C=O) groups excluding carboxylic acids is 2. The first-order valence-corrected chi connectivity index (χ1v) is 4.50. The van der Waals surface area contributed by atoms with Crippen molar-refractivity contribution < 1.29 is 14.3 Å². The van der Waals surface area contributed by atoms with E-state index in [2.05, 4.69) is 18.6 Å². The van der Waals surface area contributed by atoms with E-state index in [0.29, 0.717) is 17.7 Å². The van der Waals surface area contributed by atoms with Crippen molar-refractivity contribution >= 4 is 12.3 Å². The number of hydrogen-bond acceptors (Lipinski definition) is 3. The second-order valence-corrected chi connectivity index (χ2v) is 4.03. The minimum absolute atomic E-state index is 0.375. The lowest BCUT2D eigenvalue weighted by molar-refractivity contribution is -0.126. The van der Waals surface area contributed by atoms with Crippen molar-refractivity contribution in [2.24, 2.45) is 5.41 Å². The van der Waals surface area contributed by atoms with Crippen LogP contribution in [0.25, 0.3) is 0 Å². The Morgan fingerprint density at radius 1 is 1.31 bits per heavy atom. The molecule has 0 spiro atoms. The lowest BCUT2D eigenvalue weighted by Gasteiger charge is -2.27. The largest absolute Gasteiger partial charge is 0.471 e. The average molecular weight is 186 g/mol. The predicted octanol–water partition coefficient (Wildman–Crippen LogP) is 1.94. The van der Waals surface area contributed by atoms with E-state index in [-0.39, 0.29) is 0 Å². The number of rotatable bonds is 1. The summed E-state index contributed by atoms with van der Waals surface area (Å²) in [5, 5.41) is 0. The summed E-state index contributed by atoms with van der Waals surface area (Å²) in [6.07, 6.45) is 3.80. The third kappa shape index (κ3) is 6.31. The number of hydrogen-bond donors (Lipinski definition) is 0. The van der Waals surface area contributed by atoms with Crippen LogP contribution < -0.4 is 0 Å². The van der Waals surface area contributed by atoms with Crippen molar-refractivity contribution in [3.63, 3.8) is 0 Å². The van der Waals surface area contributed by atoms with Gasteiger partial charge >= 0.3 is 0 Å². The summed E-state index contributed by atoms with van der Waals surface area (Å²) in [4.78, 5) is 19.7. The maximum Gasteiger partial charge on any atom is 0.292 e. The van der Waals surface area contributed by atoms with Gasteiger partial charge in [0.25, 0.3) is 6.47 Å².